The summed E-state index contributed by atoms with van der Waals surface area (Å²) in [7, 11) is 0. The summed E-state index contributed by atoms with van der Waals surface area (Å²) in [6.45, 7) is 16.8. The Morgan fingerprint density at radius 2 is 0.674 bits per heavy atom. The van der Waals surface area contributed by atoms with E-state index in [-0.39, 0.29) is 46.4 Å². The van der Waals surface area contributed by atoms with Crippen LogP contribution in [0.25, 0.3) is 119 Å². The molecule has 0 radical (unpaired) electrons. The lowest BCUT2D eigenvalue weighted by atomic mass is 10.00. The van der Waals surface area contributed by atoms with E-state index in [9.17, 15) is 23.2 Å². The number of carbonyl (C=O) groups excluding carboxylic acids is 3. The Kier molecular flexibility index (Phi) is 28.8. The zero-order valence-electron chi connectivity index (χ0n) is 72.8. The number of aromatic nitrogens is 10. The molecule has 10 aromatic heterocycles. The number of ether oxygens (including phenoxy) is 5. The minimum atomic E-state index is -3.01. The summed E-state index contributed by atoms with van der Waals surface area (Å²) in [5.41, 5.74) is 48.1. The predicted molar refractivity (Wildman–Crippen MR) is 554 cm³/mol. The van der Waals surface area contributed by atoms with Crippen molar-refractivity contribution in [3.05, 3.63) is 176 Å². The smallest absolute Gasteiger partial charge is 0.262 e. The van der Waals surface area contributed by atoms with Gasteiger partial charge in [0.15, 0.2) is 0 Å². The first-order chi connectivity index (χ1) is 66.1. The summed E-state index contributed by atoms with van der Waals surface area (Å²) in [4.78, 5) is 90.0. The van der Waals surface area contributed by atoms with E-state index in [4.69, 9.17) is 174 Å². The number of alkyl halides is 2. The molecule has 15 aromatic rings. The summed E-state index contributed by atoms with van der Waals surface area (Å²) in [5.74, 6) is -0.151. The number of hydrogen-bond donors (Lipinski definition) is 10. The van der Waals surface area contributed by atoms with E-state index < -0.39 is 18.4 Å². The van der Waals surface area contributed by atoms with Crippen molar-refractivity contribution in [2.75, 3.05) is 101 Å². The number of nitrogen functional groups attached to an aromatic ring is 5. The average Bonchev–Trinajstić information content (AvgIpc) is 1.44. The molecule has 16 N–H and O–H groups in total. The fourth-order valence-corrected chi connectivity index (χ4v) is 24.7. The second kappa shape index (κ2) is 40.6. The number of amides is 3. The quantitative estimate of drug-likeness (QED) is 0.0359. The number of thiophene rings is 5. The molecule has 16 heterocycles. The number of halogens is 12. The second-order valence-electron chi connectivity index (χ2n) is 32.6. The van der Waals surface area contributed by atoms with Crippen LogP contribution in [-0.4, -0.2) is 157 Å². The van der Waals surface area contributed by atoms with Crippen LogP contribution in [0.15, 0.2) is 73.8 Å². The first-order valence-corrected chi connectivity index (χ1v) is 50.9. The van der Waals surface area contributed by atoms with Crippen molar-refractivity contribution in [3.8, 4) is 85.0 Å². The van der Waals surface area contributed by atoms with Crippen LogP contribution in [0.2, 0.25) is 50.2 Å². The maximum Gasteiger partial charge on any atom is 0.262 e. The van der Waals surface area contributed by atoms with Crippen molar-refractivity contribution < 1.29 is 46.8 Å². The highest BCUT2D eigenvalue weighted by Gasteiger charge is 2.36. The number of likely N-dealkylation sites (tertiary alicyclic amines) is 1. The van der Waals surface area contributed by atoms with Crippen LogP contribution in [0.4, 0.5) is 38.5 Å². The molecule has 2 fully saturated rings. The van der Waals surface area contributed by atoms with Crippen LogP contribution in [0, 0.1) is 0 Å². The largest absolute Gasteiger partial charge is 0.491 e. The van der Waals surface area contributed by atoms with Crippen molar-refractivity contribution in [2.45, 2.75) is 90.0 Å². The standard InChI is InChI=1S/C21H21Cl2N5O2S.C19H16Cl2N4OS.C18H14Cl2F2N4O2S.C18H16Cl2N4O2S.C16H12Cl2N4OS/c22-13-10-14(23)18-11(3-8-30-18)16(13)17-12-9-15(31-20(12)27-21(24)26-17)19(29)25-4-7-28-5-1-2-6-28;1-8(23-9-2-3-9)14-6-11-16(24-19(22)25-18(11)27-14)15-10-4-5-26-17(10)13(21)7-12(15)20;1-18(21,22)6-24-15(27)11-4-8-13(25-17(23)26-16(8)29-11)12-7-2-3-28-14(7)10(20)5-9(12)19;1-2-4-22-16(25)12-6-9-14(23-18(21)24-17(9)27-12)13-8-3-5-26-15(8)11(20)7-10(13)19;1-6(19)11-4-8-13(21-16(20)22-15(8)24-11)12-7-2-3-23-14(7)10(18)5-9(12)17/h9-10H,1-8H2,(H,25,29)(H2,24,26,27);6-7,9,23H,1-5H2,(H2,22,24,25);4-5H,2-3,6H2,1H3,(H,24,27)(H2,23,25,26);6-7H,2-5H2,1H3,(H,22,25)(H2,21,23,24);4-5H,1-3,19H2,(H2,20,21,22). The summed E-state index contributed by atoms with van der Waals surface area (Å²) >= 11 is 70.5. The van der Waals surface area contributed by atoms with Gasteiger partial charge in [0.2, 0.25) is 29.7 Å². The fourth-order valence-electron chi connectivity index (χ4n) is 16.7. The van der Waals surface area contributed by atoms with Crippen molar-refractivity contribution in [3.63, 3.8) is 0 Å². The van der Waals surface area contributed by atoms with Gasteiger partial charge in [0.1, 0.15) is 52.9 Å². The van der Waals surface area contributed by atoms with E-state index in [1.54, 1.807) is 53.8 Å². The van der Waals surface area contributed by atoms with Gasteiger partial charge in [-0.15, -0.1) is 56.7 Å². The zero-order valence-corrected chi connectivity index (χ0v) is 84.5. The van der Waals surface area contributed by atoms with E-state index in [1.807, 2.05) is 19.1 Å². The predicted octanol–water partition coefficient (Wildman–Crippen LogP) is 21.9. The van der Waals surface area contributed by atoms with Gasteiger partial charge in [-0.05, 0) is 106 Å². The van der Waals surface area contributed by atoms with Gasteiger partial charge in [-0.1, -0.05) is 136 Å². The molecular weight excluding hydrogens is 2080 g/mol. The van der Waals surface area contributed by atoms with E-state index in [0.717, 1.165) is 147 Å². The topological polar surface area (TPSA) is 434 Å². The van der Waals surface area contributed by atoms with Gasteiger partial charge in [-0.2, -0.15) is 0 Å². The van der Waals surface area contributed by atoms with Gasteiger partial charge in [-0.3, -0.25) is 14.4 Å². The summed E-state index contributed by atoms with van der Waals surface area (Å²) in [5, 5.41) is 20.0. The monoisotopic (exact) mass is 2150 g/mol. The normalized spacial score (nSPS) is 14.2. The molecule has 1 aliphatic carbocycles. The maximum atomic E-state index is 13.1. The van der Waals surface area contributed by atoms with Crippen molar-refractivity contribution in [2.24, 2.45) is 5.73 Å². The highest BCUT2D eigenvalue weighted by Crippen LogP contribution is 2.54. The maximum absolute atomic E-state index is 13.1. The zero-order chi connectivity index (χ0) is 97.3. The van der Waals surface area contributed by atoms with Gasteiger partial charge < -0.3 is 84.3 Å². The molecule has 1 saturated carbocycles. The van der Waals surface area contributed by atoms with Crippen molar-refractivity contribution in [1.29, 1.82) is 0 Å². The van der Waals surface area contributed by atoms with Gasteiger partial charge in [0, 0.05) is 159 Å². The minimum absolute atomic E-state index is 0.0000756. The molecule has 0 unspecified atom stereocenters. The van der Waals surface area contributed by atoms with Crippen molar-refractivity contribution in [1.82, 2.24) is 76.0 Å². The van der Waals surface area contributed by atoms with Crippen LogP contribution in [0.5, 0.6) is 28.7 Å². The summed E-state index contributed by atoms with van der Waals surface area (Å²) < 4.78 is 54.4. The first kappa shape index (κ1) is 97.7. The van der Waals surface area contributed by atoms with Crippen LogP contribution in [0.1, 0.15) is 113 Å². The number of rotatable bonds is 19. The molecule has 0 bridgehead atoms. The molecule has 0 atom stereocenters. The Balaban J connectivity index is 0.000000115. The molecule has 714 valence electrons. The lowest BCUT2D eigenvalue weighted by molar-refractivity contribution is 0.0221. The highest BCUT2D eigenvalue weighted by molar-refractivity contribution is 7.22. The molecular formula is C92H79Cl10F2N21O8S5. The van der Waals surface area contributed by atoms with E-state index in [0.29, 0.717) is 226 Å². The molecule has 0 spiro atoms. The fraction of sp³-hybridized carbons (Fsp3) is 0.272. The van der Waals surface area contributed by atoms with Crippen LogP contribution >= 0.6 is 173 Å². The number of hydrogen-bond acceptors (Lipinski definition) is 31. The Morgan fingerprint density at radius 3 is 0.957 bits per heavy atom. The van der Waals surface area contributed by atoms with Gasteiger partial charge in [0.25, 0.3) is 23.6 Å². The number of nitrogens with one attached hydrogen (secondary N) is 4. The number of nitrogens with two attached hydrogens (primary N) is 6. The van der Waals surface area contributed by atoms with Crippen LogP contribution in [0.3, 0.4) is 0 Å². The van der Waals surface area contributed by atoms with E-state index in [1.165, 1.54) is 59.7 Å². The summed E-state index contributed by atoms with van der Waals surface area (Å²) in [6.07, 6.45) is 9.06. The Hall–Kier alpha value is -10.5. The molecule has 29 nitrogen and oxygen atoms in total. The number of carbonyl (C=O) groups is 3. The third-order valence-corrected chi connectivity index (χ3v) is 31.1. The average molecular weight is 2160 g/mol. The molecule has 5 aromatic carbocycles. The lowest BCUT2D eigenvalue weighted by Crippen LogP contribution is -2.34. The number of fused-ring (bicyclic) bond motifs is 10. The molecule has 46 heteroatoms. The molecule has 7 aliphatic rings. The SMILES string of the molecule is C=C(N)c1cc2c(-c3c(Cl)cc(Cl)c4c3CCO4)nc(N)nc2s1.C=C(NC1CC1)c1cc2c(-c3c(Cl)cc(Cl)c4c3CCO4)nc(N)nc2s1.CC(F)(F)CNC(=O)c1cc2c(-c3c(Cl)cc(Cl)c4c3CCO4)nc(N)nc2s1.CCCNC(=O)c1cc2c(-c3c(Cl)cc(Cl)c4c3CCO4)nc(N)nc2s1.Nc1nc(-c2c(Cl)cc(Cl)c3c2CCO3)c2cc(C(=O)NCCN3CCCC3)sc2n1. The number of anilines is 5. The van der Waals surface area contributed by atoms with Crippen molar-refractivity contribution >= 4 is 283 Å². The molecule has 6 aliphatic heterocycles. The highest BCUT2D eigenvalue weighted by atomic mass is 35.5. The molecule has 138 heavy (non-hydrogen) atoms. The van der Waals surface area contributed by atoms with Crippen LogP contribution < -0.4 is 79.4 Å². The lowest BCUT2D eigenvalue weighted by Gasteiger charge is -2.14. The number of nitrogens with zero attached hydrogens (tertiary/aromatic N) is 11. The summed E-state index contributed by atoms with van der Waals surface area (Å²) in [6, 6.07) is 17.9. The molecule has 1 saturated heterocycles. The number of benzene rings is 5. The molecule has 3 amide bonds. The van der Waals surface area contributed by atoms with Crippen LogP contribution in [-0.2, 0) is 32.1 Å². The Bertz CT molecular complexity index is 7540. The van der Waals surface area contributed by atoms with Gasteiger partial charge in [0.05, 0.1) is 143 Å². The Morgan fingerprint density at radius 1 is 0.406 bits per heavy atom. The van der Waals surface area contributed by atoms with Gasteiger partial charge in [-0.25, -0.2) is 58.6 Å². The minimum Gasteiger partial charge on any atom is -0.491 e. The van der Waals surface area contributed by atoms with Gasteiger partial charge >= 0.3 is 0 Å². The van der Waals surface area contributed by atoms with E-state index in [2.05, 4.69) is 95.2 Å². The first-order valence-electron chi connectivity index (χ1n) is 43.0. The second-order valence-corrected chi connectivity index (χ2v) is 41.9. The van der Waals surface area contributed by atoms with E-state index >= 15 is 0 Å². The third-order valence-electron chi connectivity index (χ3n) is 22.9. The molecule has 22 rings (SSSR count). The Labute approximate surface area is 855 Å². The third kappa shape index (κ3) is 20.3.